The first-order valence-corrected chi connectivity index (χ1v) is 10.3. The Bertz CT molecular complexity index is 1320. The molecule has 34 heavy (non-hydrogen) atoms. The minimum absolute atomic E-state index is 0.0283. The number of carbonyl (C=O) groups excluding carboxylic acids is 1. The van der Waals surface area contributed by atoms with Crippen LogP contribution in [0.15, 0.2) is 47.7 Å². The summed E-state index contributed by atoms with van der Waals surface area (Å²) in [5, 5.41) is 16.1. The summed E-state index contributed by atoms with van der Waals surface area (Å²) >= 11 is 12.4. The van der Waals surface area contributed by atoms with E-state index in [2.05, 4.69) is 32.1 Å². The third kappa shape index (κ3) is 5.86. The largest absolute Gasteiger partial charge is 0.374 e. The van der Waals surface area contributed by atoms with Gasteiger partial charge in [-0.3, -0.25) is 10.2 Å². The Morgan fingerprint density at radius 3 is 2.68 bits per heavy atom. The smallest absolute Gasteiger partial charge is 0.257 e. The average Bonchev–Trinajstić information content (AvgIpc) is 2.80. The first-order chi connectivity index (χ1) is 16.3. The Kier molecular flexibility index (Phi) is 8.14. The molecule has 0 unspecified atom stereocenters. The number of hydrogen-bond donors (Lipinski definition) is 4. The fourth-order valence-electron chi connectivity index (χ4n) is 2.89. The third-order valence-corrected chi connectivity index (χ3v) is 4.97. The second-order valence-corrected chi connectivity index (χ2v) is 7.44. The number of nitrogens with zero attached hydrogens (tertiary/aromatic N) is 2. The second kappa shape index (κ2) is 11.2. The zero-order valence-electron chi connectivity index (χ0n) is 17.3. The molecule has 11 heteroatoms. The van der Waals surface area contributed by atoms with Gasteiger partial charge in [0, 0.05) is 23.0 Å². The summed E-state index contributed by atoms with van der Waals surface area (Å²) in [5.41, 5.74) is 3.31. The maximum absolute atomic E-state index is 15.0. The van der Waals surface area contributed by atoms with Crippen molar-refractivity contribution in [3.8, 4) is 23.5 Å². The number of aromatic nitrogens is 1. The SMILES string of the molecule is C#CCNc1cc(F)ccc1-c1cc(Cl)c(C(=O)Nc2cnc(N/N=C\C=N)c(Cl)c2)cc1F. The maximum Gasteiger partial charge on any atom is 0.257 e. The van der Waals surface area contributed by atoms with Gasteiger partial charge in [0.2, 0.25) is 0 Å². The molecule has 2 aromatic carbocycles. The molecule has 3 aromatic rings. The number of benzene rings is 2. The third-order valence-electron chi connectivity index (χ3n) is 4.37. The van der Waals surface area contributed by atoms with Crippen LogP contribution in [0.1, 0.15) is 10.4 Å². The van der Waals surface area contributed by atoms with Gasteiger partial charge in [0.25, 0.3) is 5.91 Å². The van der Waals surface area contributed by atoms with Gasteiger partial charge in [0.15, 0.2) is 5.82 Å². The number of hydrazone groups is 1. The number of anilines is 3. The van der Waals surface area contributed by atoms with Gasteiger partial charge in [0.05, 0.1) is 40.3 Å². The molecular formula is C23H16Cl2F2N6O. The molecule has 0 spiro atoms. The predicted molar refractivity (Wildman–Crippen MR) is 132 cm³/mol. The molecule has 172 valence electrons. The number of halogens is 4. The summed E-state index contributed by atoms with van der Waals surface area (Å²) in [4.78, 5) is 16.7. The lowest BCUT2D eigenvalue weighted by molar-refractivity contribution is 0.102. The van der Waals surface area contributed by atoms with Gasteiger partial charge in [-0.25, -0.2) is 13.8 Å². The highest BCUT2D eigenvalue weighted by atomic mass is 35.5. The molecule has 0 saturated carbocycles. The average molecular weight is 501 g/mol. The molecule has 1 amide bonds. The van der Waals surface area contributed by atoms with Crippen molar-refractivity contribution in [1.82, 2.24) is 4.98 Å². The van der Waals surface area contributed by atoms with Crippen LogP contribution in [0.5, 0.6) is 0 Å². The van der Waals surface area contributed by atoms with Gasteiger partial charge in [0.1, 0.15) is 11.6 Å². The van der Waals surface area contributed by atoms with E-state index in [1.165, 1.54) is 42.7 Å². The standard InChI is InChI=1S/C23H16Cl2F2N6O/c1-2-6-29-21-8-13(26)3-4-15(21)16-10-18(24)17(11-20(16)27)23(34)32-14-9-19(25)22(30-12-14)33-31-7-5-28/h1,3-5,7-12,28-29H,6H2,(H,30,33)(H,32,34)/b28-5?,31-7-. The van der Waals surface area contributed by atoms with E-state index in [0.717, 1.165) is 12.3 Å². The van der Waals surface area contributed by atoms with E-state index in [0.29, 0.717) is 5.56 Å². The zero-order valence-corrected chi connectivity index (χ0v) is 18.8. The first kappa shape index (κ1) is 24.6. The molecule has 0 bridgehead atoms. The molecular weight excluding hydrogens is 485 g/mol. The van der Waals surface area contributed by atoms with E-state index >= 15 is 4.39 Å². The van der Waals surface area contributed by atoms with E-state index in [1.807, 2.05) is 0 Å². The van der Waals surface area contributed by atoms with E-state index < -0.39 is 17.5 Å². The molecule has 4 N–H and O–H groups in total. The maximum atomic E-state index is 15.0. The normalized spacial score (nSPS) is 10.6. The molecule has 3 rings (SSSR count). The van der Waals surface area contributed by atoms with Gasteiger partial charge in [-0.05, 0) is 36.4 Å². The molecule has 0 saturated heterocycles. The van der Waals surface area contributed by atoms with Crippen LogP contribution in [-0.4, -0.2) is 29.9 Å². The minimum Gasteiger partial charge on any atom is -0.374 e. The fraction of sp³-hybridized carbons (Fsp3) is 0.0435. The van der Waals surface area contributed by atoms with Crippen molar-refractivity contribution in [2.24, 2.45) is 5.10 Å². The Morgan fingerprint density at radius 2 is 1.97 bits per heavy atom. The number of rotatable bonds is 8. The van der Waals surface area contributed by atoms with Crippen LogP contribution in [0.2, 0.25) is 10.0 Å². The number of hydrogen-bond acceptors (Lipinski definition) is 6. The molecule has 0 radical (unpaired) electrons. The van der Waals surface area contributed by atoms with Crippen molar-refractivity contribution in [3.05, 3.63) is 69.8 Å². The van der Waals surface area contributed by atoms with Crippen LogP contribution < -0.4 is 16.1 Å². The van der Waals surface area contributed by atoms with E-state index in [1.54, 1.807) is 0 Å². The second-order valence-electron chi connectivity index (χ2n) is 6.62. The lowest BCUT2D eigenvalue weighted by atomic mass is 10.0. The fourth-order valence-corrected chi connectivity index (χ4v) is 3.35. The van der Waals surface area contributed by atoms with Crippen molar-refractivity contribution in [2.45, 2.75) is 0 Å². The summed E-state index contributed by atoms with van der Waals surface area (Å²) in [5.74, 6) is 0.609. The lowest BCUT2D eigenvalue weighted by Gasteiger charge is -2.14. The van der Waals surface area contributed by atoms with E-state index in [9.17, 15) is 9.18 Å². The highest BCUT2D eigenvalue weighted by Gasteiger charge is 2.18. The molecule has 1 heterocycles. The summed E-state index contributed by atoms with van der Waals surface area (Å²) in [7, 11) is 0. The highest BCUT2D eigenvalue weighted by molar-refractivity contribution is 6.35. The summed E-state index contributed by atoms with van der Waals surface area (Å²) in [6.45, 7) is 0.103. The van der Waals surface area contributed by atoms with Crippen molar-refractivity contribution >= 4 is 58.7 Å². The molecule has 0 atom stereocenters. The molecule has 0 fully saturated rings. The Hall–Kier alpha value is -4.00. The molecule has 0 aliphatic heterocycles. The monoisotopic (exact) mass is 500 g/mol. The van der Waals surface area contributed by atoms with Crippen LogP contribution >= 0.6 is 23.2 Å². The van der Waals surface area contributed by atoms with Crippen LogP contribution in [0, 0.1) is 29.4 Å². The van der Waals surface area contributed by atoms with Crippen molar-refractivity contribution < 1.29 is 13.6 Å². The summed E-state index contributed by atoms with van der Waals surface area (Å²) in [6, 6.07) is 7.42. The number of pyridine rings is 1. The van der Waals surface area contributed by atoms with Crippen molar-refractivity contribution in [2.75, 3.05) is 22.6 Å². The summed E-state index contributed by atoms with van der Waals surface area (Å²) in [6.07, 6.45) is 8.71. The summed E-state index contributed by atoms with van der Waals surface area (Å²) < 4.78 is 28.7. The van der Waals surface area contributed by atoms with Gasteiger partial charge in [-0.15, -0.1) is 6.42 Å². The topological polar surface area (TPSA) is 102 Å². The van der Waals surface area contributed by atoms with E-state index in [-0.39, 0.29) is 44.9 Å². The van der Waals surface area contributed by atoms with Gasteiger partial charge < -0.3 is 16.0 Å². The molecule has 1 aromatic heterocycles. The van der Waals surface area contributed by atoms with Crippen LogP contribution in [0.3, 0.4) is 0 Å². The number of amides is 1. The molecule has 0 aliphatic carbocycles. The first-order valence-electron chi connectivity index (χ1n) is 9.55. The Balaban J connectivity index is 1.86. The van der Waals surface area contributed by atoms with Crippen LogP contribution in [0.25, 0.3) is 11.1 Å². The van der Waals surface area contributed by atoms with Gasteiger partial charge in [-0.2, -0.15) is 5.10 Å². The van der Waals surface area contributed by atoms with Crippen LogP contribution in [-0.2, 0) is 0 Å². The Morgan fingerprint density at radius 1 is 1.18 bits per heavy atom. The number of nitrogens with one attached hydrogen (secondary N) is 4. The van der Waals surface area contributed by atoms with Crippen molar-refractivity contribution in [1.29, 1.82) is 5.41 Å². The van der Waals surface area contributed by atoms with Gasteiger partial charge in [-0.1, -0.05) is 29.1 Å². The number of carbonyl (C=O) groups is 1. The number of terminal acetylenes is 1. The predicted octanol–water partition coefficient (Wildman–Crippen LogP) is 5.68. The van der Waals surface area contributed by atoms with Crippen LogP contribution in [0.4, 0.5) is 26.0 Å². The minimum atomic E-state index is -0.746. The molecule has 7 nitrogen and oxygen atoms in total. The molecule has 0 aliphatic rings. The van der Waals surface area contributed by atoms with Crippen molar-refractivity contribution in [3.63, 3.8) is 0 Å². The quantitative estimate of drug-likeness (QED) is 0.181. The Labute approximate surface area is 203 Å². The lowest BCUT2D eigenvalue weighted by Crippen LogP contribution is -2.13. The zero-order chi connectivity index (χ0) is 24.7. The van der Waals surface area contributed by atoms with E-state index in [4.69, 9.17) is 35.0 Å². The highest BCUT2D eigenvalue weighted by Crippen LogP contribution is 2.34. The van der Waals surface area contributed by atoms with Gasteiger partial charge >= 0.3 is 0 Å².